The second-order valence-electron chi connectivity index (χ2n) is 3.94. The molecule has 0 aromatic carbocycles. The number of halogens is 7. The van der Waals surface area contributed by atoms with Crippen LogP contribution >= 0.6 is 0 Å². The van der Waals surface area contributed by atoms with Gasteiger partial charge in [0.05, 0.1) is 19.4 Å². The van der Waals surface area contributed by atoms with Crippen molar-refractivity contribution in [2.75, 3.05) is 13.2 Å². The van der Waals surface area contributed by atoms with E-state index in [4.69, 9.17) is 0 Å². The first kappa shape index (κ1) is 16.8. The molecule has 0 N–H and O–H groups in total. The van der Waals surface area contributed by atoms with Gasteiger partial charge >= 0.3 is 24.4 Å². The Kier molecular flexibility index (Phi) is 4.72. The lowest BCUT2D eigenvalue weighted by Crippen LogP contribution is -2.45. The fourth-order valence-corrected chi connectivity index (χ4v) is 1.27. The fraction of sp³-hybridized carbons (Fsp3) is 0.889. The SMILES string of the molecule is O=C1OCC(CC(F)(F)C(F)(F)OCCC(F)(F)F)O1. The van der Waals surface area contributed by atoms with Crippen LogP contribution in [0.3, 0.4) is 0 Å². The maximum atomic E-state index is 13.2. The number of carbonyl (C=O) groups is 1. The largest absolute Gasteiger partial charge is 0.508 e. The van der Waals surface area contributed by atoms with Gasteiger partial charge in [0.2, 0.25) is 0 Å². The first-order valence-electron chi connectivity index (χ1n) is 5.23. The van der Waals surface area contributed by atoms with Crippen LogP contribution in [-0.4, -0.2) is 43.7 Å². The second-order valence-corrected chi connectivity index (χ2v) is 3.94. The Labute approximate surface area is 107 Å². The lowest BCUT2D eigenvalue weighted by Gasteiger charge is -2.27. The van der Waals surface area contributed by atoms with Gasteiger partial charge < -0.3 is 14.2 Å². The van der Waals surface area contributed by atoms with Crippen LogP contribution in [0.4, 0.5) is 35.5 Å². The summed E-state index contributed by atoms with van der Waals surface area (Å²) >= 11 is 0. The molecule has 0 aromatic rings. The van der Waals surface area contributed by atoms with Gasteiger partial charge in [-0.05, 0) is 0 Å². The maximum absolute atomic E-state index is 13.2. The predicted octanol–water partition coefficient (Wildman–Crippen LogP) is 3.11. The maximum Gasteiger partial charge on any atom is 0.508 e. The van der Waals surface area contributed by atoms with Crippen LogP contribution in [0.15, 0.2) is 0 Å². The molecule has 0 spiro atoms. The van der Waals surface area contributed by atoms with Crippen LogP contribution in [0.5, 0.6) is 0 Å². The number of hydrogen-bond acceptors (Lipinski definition) is 4. The highest BCUT2D eigenvalue weighted by atomic mass is 19.4. The number of rotatable bonds is 6. The number of hydrogen-bond donors (Lipinski definition) is 0. The smallest absolute Gasteiger partial charge is 0.430 e. The van der Waals surface area contributed by atoms with Gasteiger partial charge in [-0.2, -0.15) is 30.7 Å². The summed E-state index contributed by atoms with van der Waals surface area (Å²) in [7, 11) is 0. The lowest BCUT2D eigenvalue weighted by molar-refractivity contribution is -0.355. The molecule has 0 aromatic heterocycles. The molecule has 1 aliphatic heterocycles. The van der Waals surface area contributed by atoms with Crippen molar-refractivity contribution < 1.29 is 49.7 Å². The number of ether oxygens (including phenoxy) is 3. The van der Waals surface area contributed by atoms with Gasteiger partial charge in [-0.1, -0.05) is 0 Å². The van der Waals surface area contributed by atoms with Crippen molar-refractivity contribution in [2.45, 2.75) is 37.2 Å². The van der Waals surface area contributed by atoms with Gasteiger partial charge in [-0.25, -0.2) is 4.79 Å². The Balaban J connectivity index is 2.52. The first-order chi connectivity index (χ1) is 8.93. The Morgan fingerprint density at radius 2 is 1.75 bits per heavy atom. The van der Waals surface area contributed by atoms with E-state index in [1.54, 1.807) is 0 Å². The molecule has 0 bridgehead atoms. The highest BCUT2D eigenvalue weighted by molar-refractivity contribution is 5.61. The second kappa shape index (κ2) is 5.62. The molecule has 11 heteroatoms. The lowest BCUT2D eigenvalue weighted by atomic mass is 10.1. The van der Waals surface area contributed by atoms with E-state index in [0.29, 0.717) is 0 Å². The van der Waals surface area contributed by atoms with Crippen LogP contribution in [-0.2, 0) is 14.2 Å². The fourth-order valence-electron chi connectivity index (χ4n) is 1.27. The van der Waals surface area contributed by atoms with Crippen LogP contribution in [0.25, 0.3) is 0 Å². The molecule has 0 amide bonds. The molecule has 1 aliphatic rings. The minimum atomic E-state index is -5.12. The molecule has 20 heavy (non-hydrogen) atoms. The summed E-state index contributed by atoms with van der Waals surface area (Å²) < 4.78 is 99.1. The minimum absolute atomic E-state index is 0.646. The molecule has 1 unspecified atom stereocenters. The molecule has 1 fully saturated rings. The zero-order valence-electron chi connectivity index (χ0n) is 9.68. The Hall–Kier alpha value is -1.26. The average molecular weight is 314 g/mol. The van der Waals surface area contributed by atoms with Gasteiger partial charge in [-0.3, -0.25) is 0 Å². The molecular weight excluding hydrogens is 305 g/mol. The third-order valence-corrected chi connectivity index (χ3v) is 2.23. The van der Waals surface area contributed by atoms with Crippen molar-refractivity contribution in [2.24, 2.45) is 0 Å². The number of cyclic esters (lactones) is 2. The molecule has 0 aliphatic carbocycles. The summed E-state index contributed by atoms with van der Waals surface area (Å²) in [6.07, 6.45) is -16.2. The average Bonchev–Trinajstić information content (AvgIpc) is 2.60. The van der Waals surface area contributed by atoms with E-state index >= 15 is 0 Å². The zero-order valence-corrected chi connectivity index (χ0v) is 9.68. The predicted molar refractivity (Wildman–Crippen MR) is 47.4 cm³/mol. The first-order valence-corrected chi connectivity index (χ1v) is 5.23. The van der Waals surface area contributed by atoms with E-state index in [1.165, 1.54) is 0 Å². The standard InChI is InChI=1S/C9H9F7O4/c10-7(11,3-5-4-18-6(17)20-5)9(15,16)19-2-1-8(12,13)14/h5H,1-4H2. The van der Waals surface area contributed by atoms with E-state index in [-0.39, 0.29) is 0 Å². The molecule has 0 radical (unpaired) electrons. The van der Waals surface area contributed by atoms with Crippen molar-refractivity contribution >= 4 is 6.16 Å². The summed E-state index contributed by atoms with van der Waals surface area (Å²) in [6, 6.07) is 0. The summed E-state index contributed by atoms with van der Waals surface area (Å²) in [6.45, 7) is -2.26. The van der Waals surface area contributed by atoms with E-state index < -0.39 is 56.5 Å². The number of alkyl halides is 7. The Bertz CT molecular complexity index is 355. The topological polar surface area (TPSA) is 44.8 Å². The summed E-state index contributed by atoms with van der Waals surface area (Å²) in [5.74, 6) is -4.81. The highest BCUT2D eigenvalue weighted by Gasteiger charge is 2.59. The van der Waals surface area contributed by atoms with Crippen molar-refractivity contribution in [1.82, 2.24) is 0 Å². The molecule has 1 heterocycles. The van der Waals surface area contributed by atoms with Crippen LogP contribution < -0.4 is 0 Å². The normalized spacial score (nSPS) is 20.8. The van der Waals surface area contributed by atoms with Gasteiger partial charge in [0.15, 0.2) is 0 Å². The van der Waals surface area contributed by atoms with Gasteiger partial charge in [0, 0.05) is 0 Å². The van der Waals surface area contributed by atoms with Crippen molar-refractivity contribution in [1.29, 1.82) is 0 Å². The number of carbonyl (C=O) groups excluding carboxylic acids is 1. The third-order valence-electron chi connectivity index (χ3n) is 2.23. The summed E-state index contributed by atoms with van der Waals surface area (Å²) in [4.78, 5) is 10.4. The van der Waals surface area contributed by atoms with E-state index in [1.807, 2.05) is 0 Å². The van der Waals surface area contributed by atoms with E-state index in [2.05, 4.69) is 14.2 Å². The monoisotopic (exact) mass is 314 g/mol. The highest BCUT2D eigenvalue weighted by Crippen LogP contribution is 2.40. The van der Waals surface area contributed by atoms with Crippen LogP contribution in [0.2, 0.25) is 0 Å². The molecule has 0 saturated carbocycles. The van der Waals surface area contributed by atoms with Crippen molar-refractivity contribution in [3.8, 4) is 0 Å². The van der Waals surface area contributed by atoms with E-state index in [9.17, 15) is 35.5 Å². The van der Waals surface area contributed by atoms with Gasteiger partial charge in [0.1, 0.15) is 12.7 Å². The van der Waals surface area contributed by atoms with Gasteiger partial charge in [0.25, 0.3) is 0 Å². The molecule has 1 atom stereocenters. The van der Waals surface area contributed by atoms with Crippen molar-refractivity contribution in [3.05, 3.63) is 0 Å². The Morgan fingerprint density at radius 3 is 2.20 bits per heavy atom. The molecule has 4 nitrogen and oxygen atoms in total. The van der Waals surface area contributed by atoms with Crippen molar-refractivity contribution in [3.63, 3.8) is 0 Å². The van der Waals surface area contributed by atoms with E-state index in [0.717, 1.165) is 0 Å². The molecule has 118 valence electrons. The van der Waals surface area contributed by atoms with Gasteiger partial charge in [-0.15, -0.1) is 0 Å². The van der Waals surface area contributed by atoms with Crippen LogP contribution in [0, 0.1) is 0 Å². The molecule has 1 saturated heterocycles. The summed E-state index contributed by atoms with van der Waals surface area (Å²) in [5, 5.41) is 0. The Morgan fingerprint density at radius 1 is 1.15 bits per heavy atom. The molecular formula is C9H9F7O4. The zero-order chi connectivity index (χ0) is 15.6. The van der Waals surface area contributed by atoms with Crippen LogP contribution in [0.1, 0.15) is 12.8 Å². The quantitative estimate of drug-likeness (QED) is 0.558. The third kappa shape index (κ3) is 4.69. The molecule has 1 rings (SSSR count). The summed E-state index contributed by atoms with van der Waals surface area (Å²) in [5.41, 5.74) is 0. The minimum Gasteiger partial charge on any atom is -0.430 e.